The second-order valence-corrected chi connectivity index (χ2v) is 5.82. The highest BCUT2D eigenvalue weighted by Crippen LogP contribution is 2.34. The zero-order valence-corrected chi connectivity index (χ0v) is 11.9. The second-order valence-electron chi connectivity index (χ2n) is 4.65. The molecule has 3 nitrogen and oxygen atoms in total. The van der Waals surface area contributed by atoms with Gasteiger partial charge < -0.3 is 4.90 Å². The molecular formula is C14H13F3N2OS. The van der Waals surface area contributed by atoms with Gasteiger partial charge in [-0.2, -0.15) is 18.4 Å². The third-order valence-electron chi connectivity index (χ3n) is 3.22. The molecule has 7 heteroatoms. The number of thioether (sulfide) groups is 1. The van der Waals surface area contributed by atoms with E-state index in [9.17, 15) is 18.0 Å². The third kappa shape index (κ3) is 3.91. The van der Waals surface area contributed by atoms with Crippen molar-refractivity contribution < 1.29 is 18.0 Å². The molecule has 1 aliphatic rings. The van der Waals surface area contributed by atoms with Gasteiger partial charge in [0.05, 0.1) is 17.2 Å². The minimum atomic E-state index is -4.54. The highest BCUT2D eigenvalue weighted by atomic mass is 32.2. The van der Waals surface area contributed by atoms with Crippen molar-refractivity contribution in [1.29, 1.82) is 5.26 Å². The monoisotopic (exact) mass is 314 g/mol. The van der Waals surface area contributed by atoms with Gasteiger partial charge in [-0.1, -0.05) is 0 Å². The number of carbonyl (C=O) groups is 1. The number of hydrogen-bond acceptors (Lipinski definition) is 3. The lowest BCUT2D eigenvalue weighted by Gasteiger charge is -2.15. The number of alkyl halides is 3. The van der Waals surface area contributed by atoms with Crippen molar-refractivity contribution in [3.63, 3.8) is 0 Å². The Bertz CT molecular complexity index is 581. The van der Waals surface area contributed by atoms with Gasteiger partial charge >= 0.3 is 6.18 Å². The Morgan fingerprint density at radius 1 is 1.38 bits per heavy atom. The van der Waals surface area contributed by atoms with Crippen LogP contribution in [0.5, 0.6) is 0 Å². The van der Waals surface area contributed by atoms with Gasteiger partial charge in [0.1, 0.15) is 0 Å². The maximum Gasteiger partial charge on any atom is 0.417 e. The number of halogens is 3. The lowest BCUT2D eigenvalue weighted by molar-refractivity contribution is -0.138. The summed E-state index contributed by atoms with van der Waals surface area (Å²) in [5.74, 6) is 0.640. The van der Waals surface area contributed by atoms with E-state index >= 15 is 0 Å². The summed E-state index contributed by atoms with van der Waals surface area (Å²) in [6, 6.07) is 5.24. The van der Waals surface area contributed by atoms with E-state index in [1.165, 1.54) is 23.9 Å². The molecule has 112 valence electrons. The van der Waals surface area contributed by atoms with Gasteiger partial charge in [-0.15, -0.1) is 11.8 Å². The molecular weight excluding hydrogens is 301 g/mol. The molecule has 21 heavy (non-hydrogen) atoms. The lowest BCUT2D eigenvalue weighted by atomic mass is 10.1. The van der Waals surface area contributed by atoms with E-state index in [0.717, 1.165) is 19.0 Å². The third-order valence-corrected chi connectivity index (χ3v) is 4.19. The van der Waals surface area contributed by atoms with Gasteiger partial charge in [-0.05, 0) is 24.6 Å². The summed E-state index contributed by atoms with van der Waals surface area (Å²) >= 11 is 1.26. The molecule has 2 rings (SSSR count). The van der Waals surface area contributed by atoms with E-state index in [-0.39, 0.29) is 11.5 Å². The first-order chi connectivity index (χ1) is 9.91. The zero-order chi connectivity index (χ0) is 15.5. The maximum absolute atomic E-state index is 12.8. The van der Waals surface area contributed by atoms with Crippen LogP contribution in [-0.4, -0.2) is 29.6 Å². The molecule has 1 aromatic rings. The number of amides is 1. The largest absolute Gasteiger partial charge is 0.417 e. The summed E-state index contributed by atoms with van der Waals surface area (Å²) in [5, 5.41) is 8.72. The molecule has 0 N–H and O–H groups in total. The predicted molar refractivity (Wildman–Crippen MR) is 72.7 cm³/mol. The molecule has 0 spiro atoms. The molecule has 0 aliphatic carbocycles. The first-order valence-corrected chi connectivity index (χ1v) is 7.42. The highest BCUT2D eigenvalue weighted by Gasteiger charge is 2.33. The van der Waals surface area contributed by atoms with Crippen LogP contribution >= 0.6 is 11.8 Å². The van der Waals surface area contributed by atoms with Crippen LogP contribution in [0.25, 0.3) is 0 Å². The van der Waals surface area contributed by atoms with E-state index in [1.54, 1.807) is 11.0 Å². The molecule has 0 saturated carbocycles. The van der Waals surface area contributed by atoms with Gasteiger partial charge in [0.25, 0.3) is 0 Å². The van der Waals surface area contributed by atoms with Gasteiger partial charge in [-0.3, -0.25) is 4.79 Å². The van der Waals surface area contributed by atoms with Crippen LogP contribution in [0.15, 0.2) is 23.1 Å². The molecule has 1 aliphatic heterocycles. The Kier molecular flexibility index (Phi) is 4.78. The molecule has 1 saturated heterocycles. The smallest absolute Gasteiger partial charge is 0.342 e. The molecule has 0 aromatic heterocycles. The normalized spacial score (nSPS) is 15.3. The summed E-state index contributed by atoms with van der Waals surface area (Å²) in [5.41, 5.74) is -1.28. The predicted octanol–water partition coefficient (Wildman–Crippen LogP) is 3.29. The zero-order valence-electron chi connectivity index (χ0n) is 11.1. The van der Waals surface area contributed by atoms with Crippen LogP contribution in [0.4, 0.5) is 13.2 Å². The molecule has 0 bridgehead atoms. The van der Waals surface area contributed by atoms with Crippen LogP contribution in [-0.2, 0) is 11.0 Å². The van der Waals surface area contributed by atoms with E-state index in [1.807, 2.05) is 0 Å². The van der Waals surface area contributed by atoms with Crippen molar-refractivity contribution >= 4 is 17.7 Å². The average Bonchev–Trinajstić information content (AvgIpc) is 2.83. The molecule has 1 amide bonds. The van der Waals surface area contributed by atoms with E-state index in [4.69, 9.17) is 5.26 Å². The first-order valence-electron chi connectivity index (χ1n) is 6.44. The second kappa shape index (κ2) is 6.39. The van der Waals surface area contributed by atoms with E-state index < -0.39 is 11.7 Å². The van der Waals surface area contributed by atoms with Crippen LogP contribution in [0.3, 0.4) is 0 Å². The fourth-order valence-electron chi connectivity index (χ4n) is 2.16. The van der Waals surface area contributed by atoms with Crippen LogP contribution < -0.4 is 0 Å². The first kappa shape index (κ1) is 15.7. The quantitative estimate of drug-likeness (QED) is 0.801. The number of rotatable bonds is 4. The van der Waals surface area contributed by atoms with Crippen molar-refractivity contribution in [2.45, 2.75) is 23.9 Å². The number of hydrogen-bond donors (Lipinski definition) is 0. The van der Waals surface area contributed by atoms with Gasteiger partial charge in [0.2, 0.25) is 5.91 Å². The minimum Gasteiger partial charge on any atom is -0.342 e. The Balaban J connectivity index is 2.01. The summed E-state index contributed by atoms with van der Waals surface area (Å²) in [4.78, 5) is 13.6. The maximum atomic E-state index is 12.8. The van der Waals surface area contributed by atoms with E-state index in [0.29, 0.717) is 23.6 Å². The van der Waals surface area contributed by atoms with Crippen LogP contribution in [0, 0.1) is 11.3 Å². The number of carbonyl (C=O) groups excluding carboxylic acids is 1. The lowest BCUT2D eigenvalue weighted by Crippen LogP contribution is -2.26. The number of nitriles is 1. The summed E-state index contributed by atoms with van der Waals surface area (Å²) in [6.07, 6.45) is -3.13. The van der Waals surface area contributed by atoms with Crippen LogP contribution in [0.1, 0.15) is 24.0 Å². The standard InChI is InChI=1S/C14H13F3N2OS/c15-14(16,17)12-8-11(4-3-10(12)9-18)21-7-6-19-5-1-2-13(19)20/h3-4,8H,1-2,5-7H2. The van der Waals surface area contributed by atoms with Gasteiger partial charge in [0.15, 0.2) is 0 Å². The number of nitrogens with zero attached hydrogens (tertiary/aromatic N) is 2. The molecule has 1 aromatic carbocycles. The van der Waals surface area contributed by atoms with Crippen molar-refractivity contribution in [2.24, 2.45) is 0 Å². The summed E-state index contributed by atoms with van der Waals surface area (Å²) in [6.45, 7) is 1.26. The topological polar surface area (TPSA) is 44.1 Å². The number of benzene rings is 1. The average molecular weight is 314 g/mol. The molecule has 0 atom stereocenters. The fourth-order valence-corrected chi connectivity index (χ4v) is 3.07. The highest BCUT2D eigenvalue weighted by molar-refractivity contribution is 7.99. The van der Waals surface area contributed by atoms with Gasteiger partial charge in [-0.25, -0.2) is 0 Å². The van der Waals surface area contributed by atoms with Crippen molar-refractivity contribution in [2.75, 3.05) is 18.8 Å². The van der Waals surface area contributed by atoms with Crippen molar-refractivity contribution in [1.82, 2.24) is 4.90 Å². The Morgan fingerprint density at radius 3 is 2.71 bits per heavy atom. The van der Waals surface area contributed by atoms with Gasteiger partial charge in [0, 0.05) is 30.2 Å². The molecule has 1 fully saturated rings. The molecule has 0 unspecified atom stereocenters. The summed E-state index contributed by atoms with van der Waals surface area (Å²) in [7, 11) is 0. The Labute approximate surface area is 124 Å². The van der Waals surface area contributed by atoms with Crippen LogP contribution in [0.2, 0.25) is 0 Å². The Morgan fingerprint density at radius 2 is 2.14 bits per heavy atom. The molecule has 0 radical (unpaired) electrons. The van der Waals surface area contributed by atoms with E-state index in [2.05, 4.69) is 0 Å². The fraction of sp³-hybridized carbons (Fsp3) is 0.429. The number of likely N-dealkylation sites (tertiary alicyclic amines) is 1. The Hall–Kier alpha value is -1.68. The molecule has 1 heterocycles. The minimum absolute atomic E-state index is 0.103. The van der Waals surface area contributed by atoms with Crippen molar-refractivity contribution in [3.8, 4) is 6.07 Å². The summed E-state index contributed by atoms with van der Waals surface area (Å²) < 4.78 is 38.5. The SMILES string of the molecule is N#Cc1ccc(SCCN2CCCC2=O)cc1C(F)(F)F. The van der Waals surface area contributed by atoms with Crippen molar-refractivity contribution in [3.05, 3.63) is 29.3 Å².